The molecule has 6 nitrogen and oxygen atoms in total. The van der Waals surface area contributed by atoms with Crippen molar-refractivity contribution in [3.63, 3.8) is 0 Å². The molecule has 176 valence electrons. The summed E-state index contributed by atoms with van der Waals surface area (Å²) in [5.74, 6) is 0.521. The normalized spacial score (nSPS) is 22.1. The van der Waals surface area contributed by atoms with Crippen LogP contribution in [0.5, 0.6) is 5.75 Å². The van der Waals surface area contributed by atoms with Gasteiger partial charge in [0, 0.05) is 38.6 Å². The molecule has 2 fully saturated rings. The van der Waals surface area contributed by atoms with Gasteiger partial charge in [0.25, 0.3) is 0 Å². The summed E-state index contributed by atoms with van der Waals surface area (Å²) in [5.41, 5.74) is 2.34. The number of piperidine rings is 1. The van der Waals surface area contributed by atoms with Crippen molar-refractivity contribution in [2.24, 2.45) is 5.92 Å². The smallest absolute Gasteiger partial charge is 0.226 e. The molecule has 6 heteroatoms. The van der Waals surface area contributed by atoms with E-state index >= 15 is 0 Å². The van der Waals surface area contributed by atoms with Crippen molar-refractivity contribution in [2.45, 2.75) is 65.0 Å². The van der Waals surface area contributed by atoms with Gasteiger partial charge in [0.2, 0.25) is 11.8 Å². The molecule has 2 atom stereocenters. The fourth-order valence-corrected chi connectivity index (χ4v) is 4.71. The van der Waals surface area contributed by atoms with Crippen LogP contribution >= 0.6 is 0 Å². The Morgan fingerprint density at radius 3 is 2.47 bits per heavy atom. The monoisotopic (exact) mass is 441 g/mol. The van der Waals surface area contributed by atoms with Gasteiger partial charge in [0.1, 0.15) is 5.75 Å². The van der Waals surface area contributed by atoms with E-state index in [9.17, 15) is 9.59 Å². The summed E-state index contributed by atoms with van der Waals surface area (Å²) in [5, 5.41) is 3.28. The minimum absolute atomic E-state index is 0.0147. The number of unbranched alkanes of at least 4 members (excludes halogenated alkanes) is 1. The first-order valence-corrected chi connectivity index (χ1v) is 12.0. The molecule has 2 unspecified atom stereocenters. The maximum Gasteiger partial charge on any atom is 0.226 e. The van der Waals surface area contributed by atoms with Crippen LogP contribution in [0.2, 0.25) is 0 Å². The van der Waals surface area contributed by atoms with Crippen molar-refractivity contribution in [3.8, 4) is 5.75 Å². The Bertz CT molecular complexity index is 793. The molecule has 0 saturated carbocycles. The van der Waals surface area contributed by atoms with Crippen molar-refractivity contribution in [3.05, 3.63) is 41.5 Å². The summed E-state index contributed by atoms with van der Waals surface area (Å²) >= 11 is 0. The van der Waals surface area contributed by atoms with Crippen LogP contribution in [-0.2, 0) is 9.59 Å². The predicted molar refractivity (Wildman–Crippen MR) is 127 cm³/mol. The van der Waals surface area contributed by atoms with E-state index in [1.165, 1.54) is 5.57 Å². The van der Waals surface area contributed by atoms with Crippen LogP contribution in [0.3, 0.4) is 0 Å². The summed E-state index contributed by atoms with van der Waals surface area (Å²) in [6.07, 6.45) is 6.41. The van der Waals surface area contributed by atoms with Crippen LogP contribution in [0.15, 0.2) is 35.9 Å². The molecular formula is C26H39N3O3. The average Bonchev–Trinajstić information content (AvgIpc) is 3.13. The number of allylic oxidation sites excluding steroid dienone is 1. The van der Waals surface area contributed by atoms with Gasteiger partial charge in [0.05, 0.1) is 19.1 Å². The van der Waals surface area contributed by atoms with Gasteiger partial charge in [-0.2, -0.15) is 0 Å². The molecule has 2 heterocycles. The Labute approximate surface area is 193 Å². The van der Waals surface area contributed by atoms with Crippen LogP contribution in [0, 0.1) is 5.92 Å². The fourth-order valence-electron chi connectivity index (χ4n) is 4.71. The SMILES string of the molecule is CCCCN1C(=O)CC(C(=O)NC2CCN(CC=C(C)C)CC2)C1c1ccc(OC)cc1. The third kappa shape index (κ3) is 6.12. The van der Waals surface area contributed by atoms with Crippen LogP contribution in [0.1, 0.15) is 64.5 Å². The summed E-state index contributed by atoms with van der Waals surface area (Å²) in [7, 11) is 1.64. The number of benzene rings is 1. The zero-order valence-corrected chi connectivity index (χ0v) is 20.1. The van der Waals surface area contributed by atoms with Crippen LogP contribution in [0.4, 0.5) is 0 Å². The van der Waals surface area contributed by atoms with Gasteiger partial charge in [-0.15, -0.1) is 0 Å². The summed E-state index contributed by atoms with van der Waals surface area (Å²) in [6.45, 7) is 10.0. The zero-order chi connectivity index (χ0) is 23.1. The Morgan fingerprint density at radius 2 is 1.88 bits per heavy atom. The van der Waals surface area contributed by atoms with E-state index in [1.807, 2.05) is 29.2 Å². The maximum atomic E-state index is 13.3. The van der Waals surface area contributed by atoms with Gasteiger partial charge in [0.15, 0.2) is 0 Å². The van der Waals surface area contributed by atoms with Gasteiger partial charge < -0.3 is 15.0 Å². The molecule has 2 amide bonds. The molecule has 1 aromatic rings. The third-order valence-corrected chi connectivity index (χ3v) is 6.67. The number of likely N-dealkylation sites (tertiary alicyclic amines) is 2. The number of hydrogen-bond acceptors (Lipinski definition) is 4. The van der Waals surface area contributed by atoms with E-state index in [0.29, 0.717) is 6.54 Å². The minimum atomic E-state index is -0.351. The topological polar surface area (TPSA) is 61.9 Å². The first kappa shape index (κ1) is 24.3. The maximum absolute atomic E-state index is 13.3. The standard InChI is InChI=1S/C26H39N3O3/c1-5-6-14-29-24(30)18-23(25(29)20-7-9-22(32-4)10-8-20)26(31)27-21-12-16-28(17-13-21)15-11-19(2)3/h7-11,21,23,25H,5-6,12-18H2,1-4H3,(H,27,31). The molecule has 0 aromatic heterocycles. The molecule has 2 aliphatic heterocycles. The average molecular weight is 442 g/mol. The zero-order valence-electron chi connectivity index (χ0n) is 20.1. The molecule has 2 aliphatic rings. The van der Waals surface area contributed by atoms with E-state index in [4.69, 9.17) is 4.74 Å². The van der Waals surface area contributed by atoms with Crippen molar-refractivity contribution >= 4 is 11.8 Å². The number of rotatable bonds is 9. The molecule has 2 saturated heterocycles. The highest BCUT2D eigenvalue weighted by atomic mass is 16.5. The summed E-state index contributed by atoms with van der Waals surface area (Å²) < 4.78 is 5.29. The van der Waals surface area contributed by atoms with E-state index < -0.39 is 0 Å². The van der Waals surface area contributed by atoms with Crippen molar-refractivity contribution in [1.29, 1.82) is 0 Å². The van der Waals surface area contributed by atoms with Gasteiger partial charge in [-0.1, -0.05) is 37.1 Å². The minimum Gasteiger partial charge on any atom is -0.497 e. The highest BCUT2D eigenvalue weighted by molar-refractivity contribution is 5.90. The van der Waals surface area contributed by atoms with Gasteiger partial charge in [-0.05, 0) is 50.8 Å². The van der Waals surface area contributed by atoms with Crippen LogP contribution in [0.25, 0.3) is 0 Å². The lowest BCUT2D eigenvalue weighted by atomic mass is 9.91. The highest BCUT2D eigenvalue weighted by Gasteiger charge is 2.44. The number of hydrogen-bond donors (Lipinski definition) is 1. The van der Waals surface area contributed by atoms with Crippen molar-refractivity contribution in [1.82, 2.24) is 15.1 Å². The molecule has 0 aliphatic carbocycles. The number of nitrogens with zero attached hydrogens (tertiary/aromatic N) is 2. The third-order valence-electron chi connectivity index (χ3n) is 6.67. The Morgan fingerprint density at radius 1 is 1.19 bits per heavy atom. The second-order valence-corrected chi connectivity index (χ2v) is 9.33. The molecule has 1 N–H and O–H groups in total. The van der Waals surface area contributed by atoms with Crippen molar-refractivity contribution < 1.29 is 14.3 Å². The Kier molecular flexibility index (Phi) is 8.74. The molecule has 32 heavy (non-hydrogen) atoms. The number of methoxy groups -OCH3 is 1. The first-order chi connectivity index (χ1) is 15.4. The molecular weight excluding hydrogens is 402 g/mol. The lowest BCUT2D eigenvalue weighted by Crippen LogP contribution is -2.47. The van der Waals surface area contributed by atoms with E-state index in [2.05, 4.69) is 37.1 Å². The lowest BCUT2D eigenvalue weighted by molar-refractivity contribution is -0.129. The Balaban J connectivity index is 1.67. The van der Waals surface area contributed by atoms with E-state index in [1.54, 1.807) is 7.11 Å². The predicted octanol–water partition coefficient (Wildman–Crippen LogP) is 3.93. The van der Waals surface area contributed by atoms with E-state index in [0.717, 1.165) is 56.6 Å². The number of carbonyl (C=O) groups is 2. The second-order valence-electron chi connectivity index (χ2n) is 9.33. The van der Waals surface area contributed by atoms with Crippen LogP contribution in [-0.4, -0.2) is 60.9 Å². The molecule has 0 bridgehead atoms. The number of nitrogens with one attached hydrogen (secondary N) is 1. The van der Waals surface area contributed by atoms with Crippen molar-refractivity contribution in [2.75, 3.05) is 33.3 Å². The molecule has 0 spiro atoms. The Hall–Kier alpha value is -2.34. The molecule has 3 rings (SSSR count). The highest BCUT2D eigenvalue weighted by Crippen LogP contribution is 2.39. The number of amides is 2. The largest absolute Gasteiger partial charge is 0.497 e. The quantitative estimate of drug-likeness (QED) is 0.590. The summed E-state index contributed by atoms with van der Waals surface area (Å²) in [6, 6.07) is 7.77. The van der Waals surface area contributed by atoms with Gasteiger partial charge in [-0.25, -0.2) is 0 Å². The lowest BCUT2D eigenvalue weighted by Gasteiger charge is -2.33. The van der Waals surface area contributed by atoms with E-state index in [-0.39, 0.29) is 36.2 Å². The number of ether oxygens (including phenoxy) is 1. The van der Waals surface area contributed by atoms with Crippen LogP contribution < -0.4 is 10.1 Å². The van der Waals surface area contributed by atoms with Gasteiger partial charge in [-0.3, -0.25) is 14.5 Å². The molecule has 1 aromatic carbocycles. The fraction of sp³-hybridized carbons (Fsp3) is 0.615. The van der Waals surface area contributed by atoms with Gasteiger partial charge >= 0.3 is 0 Å². The number of carbonyl (C=O) groups excluding carboxylic acids is 2. The summed E-state index contributed by atoms with van der Waals surface area (Å²) in [4.78, 5) is 30.6. The molecule has 0 radical (unpaired) electrons. The first-order valence-electron chi connectivity index (χ1n) is 12.0. The second kappa shape index (κ2) is 11.5.